The van der Waals surface area contributed by atoms with Gasteiger partial charge in [-0.15, -0.1) is 0 Å². The number of carbonyl (C=O) groups excluding carboxylic acids is 1. The Morgan fingerprint density at radius 3 is 2.38 bits per heavy atom. The summed E-state index contributed by atoms with van der Waals surface area (Å²) < 4.78 is 58.3. The highest BCUT2D eigenvalue weighted by Gasteiger charge is 2.36. The molecule has 0 saturated carbocycles. The van der Waals surface area contributed by atoms with Gasteiger partial charge in [0, 0.05) is 17.2 Å². The second kappa shape index (κ2) is 9.64. The van der Waals surface area contributed by atoms with Crippen LogP contribution >= 0.6 is 0 Å². The third-order valence-electron chi connectivity index (χ3n) is 6.65. The quantitative estimate of drug-likeness (QED) is 0.268. The van der Waals surface area contributed by atoms with Gasteiger partial charge in [0.2, 0.25) is 0 Å². The van der Waals surface area contributed by atoms with E-state index in [-0.39, 0.29) is 29.4 Å². The minimum Gasteiger partial charge on any atom is -0.317 e. The summed E-state index contributed by atoms with van der Waals surface area (Å²) in [6, 6.07) is 13.7. The zero-order valence-corrected chi connectivity index (χ0v) is 21.6. The van der Waals surface area contributed by atoms with Crippen molar-refractivity contribution >= 4 is 17.2 Å². The molecule has 0 bridgehead atoms. The first-order valence-electron chi connectivity index (χ1n) is 12.1. The highest BCUT2D eigenvalue weighted by atomic mass is 19.4. The number of hydrogen-bond acceptors (Lipinski definition) is 4. The van der Waals surface area contributed by atoms with Gasteiger partial charge in [-0.3, -0.25) is 9.48 Å². The number of benzene rings is 2. The van der Waals surface area contributed by atoms with E-state index in [9.17, 15) is 22.4 Å². The number of fused-ring (bicyclic) bond motifs is 1. The number of carbonyl (C=O) groups is 1. The van der Waals surface area contributed by atoms with Gasteiger partial charge in [0.1, 0.15) is 5.82 Å². The standard InChI is InChI=1S/C28H24F4N6O/c1-15-9-10-19(11-16(15)2)22-12-24(28(30,31)32)38-25(33-22)13-23(36-38)27(39)34-26-17(3)35-37(18(26)4)14-20-7-5-6-8-21(20)29/h5-13H,14H2,1-4H3,(H,34,39). The molecular weight excluding hydrogens is 512 g/mol. The summed E-state index contributed by atoms with van der Waals surface area (Å²) in [5.74, 6) is -1.11. The van der Waals surface area contributed by atoms with Crippen molar-refractivity contribution in [1.82, 2.24) is 24.4 Å². The van der Waals surface area contributed by atoms with Gasteiger partial charge in [0.15, 0.2) is 17.0 Å². The predicted molar refractivity (Wildman–Crippen MR) is 138 cm³/mol. The summed E-state index contributed by atoms with van der Waals surface area (Å²) in [5, 5.41) is 11.0. The molecule has 5 rings (SSSR count). The van der Waals surface area contributed by atoms with Crippen molar-refractivity contribution < 1.29 is 22.4 Å². The van der Waals surface area contributed by atoms with E-state index >= 15 is 0 Å². The molecule has 0 aliphatic rings. The molecule has 7 nitrogen and oxygen atoms in total. The number of nitrogens with one attached hydrogen (secondary N) is 1. The van der Waals surface area contributed by atoms with Crippen molar-refractivity contribution in [3.63, 3.8) is 0 Å². The van der Waals surface area contributed by atoms with Gasteiger partial charge < -0.3 is 5.32 Å². The van der Waals surface area contributed by atoms with Crippen molar-refractivity contribution in [3.8, 4) is 11.3 Å². The van der Waals surface area contributed by atoms with E-state index in [1.165, 1.54) is 12.1 Å². The molecule has 1 N–H and O–H groups in total. The Kier molecular flexibility index (Phi) is 6.45. The average Bonchev–Trinajstić information content (AvgIpc) is 3.42. The maximum absolute atomic E-state index is 14.1. The normalized spacial score (nSPS) is 11.8. The minimum absolute atomic E-state index is 0.117. The Hall–Kier alpha value is -4.54. The molecule has 11 heteroatoms. The number of rotatable bonds is 5. The summed E-state index contributed by atoms with van der Waals surface area (Å²) in [6.45, 7) is 7.30. The summed E-state index contributed by atoms with van der Waals surface area (Å²) >= 11 is 0. The van der Waals surface area contributed by atoms with Gasteiger partial charge in [-0.1, -0.05) is 30.3 Å². The van der Waals surface area contributed by atoms with E-state index in [0.717, 1.165) is 17.2 Å². The number of anilines is 1. The summed E-state index contributed by atoms with van der Waals surface area (Å²) in [6.07, 6.45) is -4.74. The fourth-order valence-electron chi connectivity index (χ4n) is 4.33. The van der Waals surface area contributed by atoms with Crippen LogP contribution in [-0.2, 0) is 12.7 Å². The number of nitrogens with zero attached hydrogens (tertiary/aromatic N) is 5. The van der Waals surface area contributed by atoms with Gasteiger partial charge >= 0.3 is 6.18 Å². The number of halogens is 4. The molecule has 3 aromatic heterocycles. The molecule has 0 aliphatic carbocycles. The summed E-state index contributed by atoms with van der Waals surface area (Å²) in [4.78, 5) is 17.5. The number of aromatic nitrogens is 5. The van der Waals surface area contributed by atoms with Crippen molar-refractivity contribution in [1.29, 1.82) is 0 Å². The van der Waals surface area contributed by atoms with E-state index in [2.05, 4.69) is 20.5 Å². The maximum atomic E-state index is 14.1. The Balaban J connectivity index is 1.49. The molecule has 0 atom stereocenters. The lowest BCUT2D eigenvalue weighted by Gasteiger charge is -2.11. The molecular formula is C28H24F4N6O. The fraction of sp³-hybridized carbons (Fsp3) is 0.214. The number of amides is 1. The van der Waals surface area contributed by atoms with Crippen LogP contribution in [0.2, 0.25) is 0 Å². The summed E-state index contributed by atoms with van der Waals surface area (Å²) in [5.41, 5.74) is 2.95. The van der Waals surface area contributed by atoms with Crippen LogP contribution < -0.4 is 5.32 Å². The van der Waals surface area contributed by atoms with Crippen LogP contribution in [0.15, 0.2) is 54.6 Å². The monoisotopic (exact) mass is 536 g/mol. The Morgan fingerprint density at radius 2 is 1.69 bits per heavy atom. The minimum atomic E-state index is -4.74. The molecule has 200 valence electrons. The predicted octanol–water partition coefficient (Wildman–Crippen LogP) is 6.28. The van der Waals surface area contributed by atoms with Crippen LogP contribution in [0.5, 0.6) is 0 Å². The third-order valence-corrected chi connectivity index (χ3v) is 6.65. The van der Waals surface area contributed by atoms with E-state index in [0.29, 0.717) is 32.7 Å². The zero-order valence-electron chi connectivity index (χ0n) is 21.6. The molecule has 0 saturated heterocycles. The highest BCUT2D eigenvalue weighted by molar-refractivity contribution is 6.04. The van der Waals surface area contributed by atoms with Gasteiger partial charge in [-0.05, 0) is 57.0 Å². The summed E-state index contributed by atoms with van der Waals surface area (Å²) in [7, 11) is 0. The smallest absolute Gasteiger partial charge is 0.317 e. The van der Waals surface area contributed by atoms with E-state index in [4.69, 9.17) is 0 Å². The zero-order chi connectivity index (χ0) is 28.1. The van der Waals surface area contributed by atoms with Crippen LogP contribution in [-0.4, -0.2) is 30.3 Å². The number of hydrogen-bond donors (Lipinski definition) is 1. The van der Waals surface area contributed by atoms with Crippen LogP contribution in [0.1, 0.15) is 44.3 Å². The van der Waals surface area contributed by atoms with Crippen LogP contribution in [0, 0.1) is 33.5 Å². The molecule has 3 heterocycles. The first-order valence-corrected chi connectivity index (χ1v) is 12.1. The first kappa shape index (κ1) is 26.1. The molecule has 0 spiro atoms. The highest BCUT2D eigenvalue weighted by Crippen LogP contribution is 2.33. The molecule has 0 unspecified atom stereocenters. The molecule has 0 fully saturated rings. The maximum Gasteiger partial charge on any atom is 0.433 e. The van der Waals surface area contributed by atoms with Crippen molar-refractivity contribution in [2.24, 2.45) is 0 Å². The lowest BCUT2D eigenvalue weighted by molar-refractivity contribution is -0.142. The van der Waals surface area contributed by atoms with Gasteiger partial charge in [-0.25, -0.2) is 13.9 Å². The van der Waals surface area contributed by atoms with Crippen LogP contribution in [0.3, 0.4) is 0 Å². The fourth-order valence-corrected chi connectivity index (χ4v) is 4.33. The number of alkyl halides is 3. The van der Waals surface area contributed by atoms with Crippen LogP contribution in [0.4, 0.5) is 23.2 Å². The lowest BCUT2D eigenvalue weighted by Crippen LogP contribution is -2.16. The largest absolute Gasteiger partial charge is 0.433 e. The van der Waals surface area contributed by atoms with Crippen molar-refractivity contribution in [2.45, 2.75) is 40.4 Å². The Morgan fingerprint density at radius 1 is 0.949 bits per heavy atom. The van der Waals surface area contributed by atoms with Crippen molar-refractivity contribution in [2.75, 3.05) is 5.32 Å². The topological polar surface area (TPSA) is 77.1 Å². The van der Waals surface area contributed by atoms with Gasteiger partial charge in [0.05, 0.1) is 29.3 Å². The molecule has 5 aromatic rings. The second-order valence-corrected chi connectivity index (χ2v) is 9.37. The van der Waals surface area contributed by atoms with E-state index in [1.807, 2.05) is 19.9 Å². The molecule has 1 amide bonds. The molecule has 0 radical (unpaired) electrons. The van der Waals surface area contributed by atoms with Gasteiger partial charge in [0.25, 0.3) is 5.91 Å². The lowest BCUT2D eigenvalue weighted by atomic mass is 10.0. The average molecular weight is 537 g/mol. The van der Waals surface area contributed by atoms with E-state index in [1.54, 1.807) is 48.9 Å². The first-order chi connectivity index (χ1) is 18.4. The number of aryl methyl sites for hydroxylation is 3. The molecule has 0 aliphatic heterocycles. The van der Waals surface area contributed by atoms with Crippen LogP contribution in [0.25, 0.3) is 16.9 Å². The van der Waals surface area contributed by atoms with E-state index < -0.39 is 17.8 Å². The van der Waals surface area contributed by atoms with Gasteiger partial charge in [-0.2, -0.15) is 23.4 Å². The molecule has 2 aromatic carbocycles. The van der Waals surface area contributed by atoms with Crippen molar-refractivity contribution in [3.05, 3.63) is 99.9 Å². The second-order valence-electron chi connectivity index (χ2n) is 9.37. The Bertz CT molecular complexity index is 1730. The SMILES string of the molecule is Cc1ccc(-c2cc(C(F)(F)F)n3nc(C(=O)Nc4c(C)nn(Cc5ccccc5F)c4C)cc3n2)cc1C. The molecule has 39 heavy (non-hydrogen) atoms. The Labute approximate surface area is 221 Å². The third kappa shape index (κ3) is 4.99.